The summed E-state index contributed by atoms with van der Waals surface area (Å²) in [6, 6.07) is 5.90. The first-order chi connectivity index (χ1) is 12.6. The van der Waals surface area contributed by atoms with Crippen LogP contribution < -0.4 is 0 Å². The number of aryl methyl sites for hydroxylation is 1. The Labute approximate surface area is 161 Å². The molecule has 0 N–H and O–H groups in total. The molecule has 0 aromatic carbocycles. The van der Waals surface area contributed by atoms with Gasteiger partial charge < -0.3 is 9.47 Å². The SMILES string of the molecule is CCn1c(SCC(=O)N(C)Cc2sccc2C)nnc1-c1ccncc1. The molecule has 0 fully saturated rings. The van der Waals surface area contributed by atoms with E-state index >= 15 is 0 Å². The molecule has 0 unspecified atom stereocenters. The highest BCUT2D eigenvalue weighted by Crippen LogP contribution is 2.24. The molecule has 3 aromatic rings. The molecule has 0 aliphatic carbocycles. The van der Waals surface area contributed by atoms with Crippen LogP contribution >= 0.6 is 23.1 Å². The fraction of sp³-hybridized carbons (Fsp3) is 0.333. The van der Waals surface area contributed by atoms with E-state index in [1.54, 1.807) is 28.6 Å². The lowest BCUT2D eigenvalue weighted by Gasteiger charge is -2.16. The third-order valence-electron chi connectivity index (χ3n) is 4.07. The van der Waals surface area contributed by atoms with Gasteiger partial charge in [0.25, 0.3) is 0 Å². The number of nitrogens with zero attached hydrogens (tertiary/aromatic N) is 5. The fourth-order valence-corrected chi connectivity index (χ4v) is 4.40. The molecule has 0 bridgehead atoms. The highest BCUT2D eigenvalue weighted by Gasteiger charge is 2.16. The van der Waals surface area contributed by atoms with Crippen LogP contribution in [0.4, 0.5) is 0 Å². The minimum Gasteiger partial charge on any atom is -0.340 e. The van der Waals surface area contributed by atoms with Crippen molar-refractivity contribution >= 4 is 29.0 Å². The highest BCUT2D eigenvalue weighted by atomic mass is 32.2. The largest absolute Gasteiger partial charge is 0.340 e. The summed E-state index contributed by atoms with van der Waals surface area (Å²) in [5.74, 6) is 1.22. The molecule has 0 aliphatic heterocycles. The molecule has 1 amide bonds. The van der Waals surface area contributed by atoms with E-state index in [0.717, 1.165) is 23.1 Å². The first-order valence-electron chi connectivity index (χ1n) is 8.33. The van der Waals surface area contributed by atoms with E-state index in [1.807, 2.05) is 30.7 Å². The van der Waals surface area contributed by atoms with Crippen molar-refractivity contribution in [2.75, 3.05) is 12.8 Å². The smallest absolute Gasteiger partial charge is 0.233 e. The standard InChI is InChI=1S/C18H21N5OS2/c1-4-23-17(14-5-8-19-9-6-14)20-21-18(23)26-12-16(24)22(3)11-15-13(2)7-10-25-15/h5-10H,4,11-12H2,1-3H3. The fourth-order valence-electron chi connectivity index (χ4n) is 2.50. The molecule has 6 nitrogen and oxygen atoms in total. The number of carbonyl (C=O) groups excluding carboxylic acids is 1. The molecule has 3 rings (SSSR count). The quantitative estimate of drug-likeness (QED) is 0.581. The number of pyridine rings is 1. The van der Waals surface area contributed by atoms with Crippen LogP contribution in [0.1, 0.15) is 17.4 Å². The zero-order chi connectivity index (χ0) is 18.5. The summed E-state index contributed by atoms with van der Waals surface area (Å²) in [6.07, 6.45) is 3.48. The van der Waals surface area contributed by atoms with Crippen LogP contribution in [0.25, 0.3) is 11.4 Å². The van der Waals surface area contributed by atoms with Gasteiger partial charge in [0.05, 0.1) is 12.3 Å². The molecule has 3 aromatic heterocycles. The van der Waals surface area contributed by atoms with E-state index in [9.17, 15) is 4.79 Å². The number of amides is 1. The summed E-state index contributed by atoms with van der Waals surface area (Å²) in [4.78, 5) is 19.5. The number of aromatic nitrogens is 4. The van der Waals surface area contributed by atoms with E-state index in [-0.39, 0.29) is 5.91 Å². The van der Waals surface area contributed by atoms with Gasteiger partial charge in [-0.1, -0.05) is 11.8 Å². The van der Waals surface area contributed by atoms with Gasteiger partial charge in [-0.25, -0.2) is 0 Å². The van der Waals surface area contributed by atoms with Crippen LogP contribution in [0.5, 0.6) is 0 Å². The highest BCUT2D eigenvalue weighted by molar-refractivity contribution is 7.99. The second-order valence-corrected chi connectivity index (χ2v) is 7.79. The van der Waals surface area contributed by atoms with E-state index < -0.39 is 0 Å². The number of rotatable bonds is 7. The number of hydrogen-bond acceptors (Lipinski definition) is 6. The zero-order valence-corrected chi connectivity index (χ0v) is 16.7. The first-order valence-corrected chi connectivity index (χ1v) is 10.2. The predicted octanol–water partition coefficient (Wildman–Crippen LogP) is 3.48. The maximum Gasteiger partial charge on any atom is 0.233 e. The van der Waals surface area contributed by atoms with Crippen molar-refractivity contribution in [3.63, 3.8) is 0 Å². The molecular weight excluding hydrogens is 366 g/mol. The van der Waals surface area contributed by atoms with Crippen LogP contribution in [0.2, 0.25) is 0 Å². The van der Waals surface area contributed by atoms with Crippen LogP contribution in [-0.2, 0) is 17.9 Å². The molecule has 26 heavy (non-hydrogen) atoms. The summed E-state index contributed by atoms with van der Waals surface area (Å²) in [6.45, 7) is 5.51. The summed E-state index contributed by atoms with van der Waals surface area (Å²) in [5, 5.41) is 11.4. The Kier molecular flexibility index (Phi) is 6.05. The topological polar surface area (TPSA) is 63.9 Å². The minimum atomic E-state index is 0.0823. The molecule has 8 heteroatoms. The normalized spacial score (nSPS) is 10.9. The zero-order valence-electron chi connectivity index (χ0n) is 15.0. The van der Waals surface area contributed by atoms with E-state index in [4.69, 9.17) is 0 Å². The van der Waals surface area contributed by atoms with Gasteiger partial charge in [-0.05, 0) is 43.0 Å². The van der Waals surface area contributed by atoms with Crippen molar-refractivity contribution in [1.82, 2.24) is 24.6 Å². The van der Waals surface area contributed by atoms with Gasteiger partial charge in [0.15, 0.2) is 11.0 Å². The second kappa shape index (κ2) is 8.46. The Balaban J connectivity index is 1.65. The summed E-state index contributed by atoms with van der Waals surface area (Å²) < 4.78 is 2.02. The van der Waals surface area contributed by atoms with Crippen molar-refractivity contribution in [2.45, 2.75) is 32.1 Å². The van der Waals surface area contributed by atoms with Crippen LogP contribution in [0.15, 0.2) is 41.1 Å². The maximum atomic E-state index is 12.5. The Morgan fingerprint density at radius 2 is 2.04 bits per heavy atom. The van der Waals surface area contributed by atoms with Crippen LogP contribution in [-0.4, -0.2) is 43.4 Å². The third-order valence-corrected chi connectivity index (χ3v) is 6.03. The molecule has 0 radical (unpaired) electrons. The van der Waals surface area contributed by atoms with Gasteiger partial charge >= 0.3 is 0 Å². The summed E-state index contributed by atoms with van der Waals surface area (Å²) in [7, 11) is 1.84. The van der Waals surface area contributed by atoms with Gasteiger partial charge in [-0.3, -0.25) is 9.78 Å². The Bertz CT molecular complexity index is 875. The molecule has 3 heterocycles. The minimum absolute atomic E-state index is 0.0823. The molecular formula is C18H21N5OS2. The first kappa shape index (κ1) is 18.6. The van der Waals surface area contributed by atoms with E-state index in [2.05, 4.69) is 33.6 Å². The van der Waals surface area contributed by atoms with Gasteiger partial charge in [0.2, 0.25) is 5.91 Å². The number of thioether (sulfide) groups is 1. The molecule has 0 spiro atoms. The van der Waals surface area contributed by atoms with Gasteiger partial charge in [0.1, 0.15) is 0 Å². The lowest BCUT2D eigenvalue weighted by Crippen LogP contribution is -2.27. The number of hydrogen-bond donors (Lipinski definition) is 0. The maximum absolute atomic E-state index is 12.5. The van der Waals surface area contributed by atoms with Crippen LogP contribution in [0.3, 0.4) is 0 Å². The van der Waals surface area contributed by atoms with Gasteiger partial charge in [0, 0.05) is 36.4 Å². The summed E-state index contributed by atoms with van der Waals surface area (Å²) >= 11 is 3.11. The monoisotopic (exact) mass is 387 g/mol. The molecule has 136 valence electrons. The predicted molar refractivity (Wildman–Crippen MR) is 105 cm³/mol. The lowest BCUT2D eigenvalue weighted by molar-refractivity contribution is -0.127. The van der Waals surface area contributed by atoms with Crippen molar-refractivity contribution < 1.29 is 4.79 Å². The van der Waals surface area contributed by atoms with Gasteiger partial charge in [-0.15, -0.1) is 21.5 Å². The Morgan fingerprint density at radius 1 is 1.27 bits per heavy atom. The molecule has 0 saturated carbocycles. The number of thiophene rings is 1. The molecule has 0 saturated heterocycles. The van der Waals surface area contributed by atoms with Crippen molar-refractivity contribution in [3.8, 4) is 11.4 Å². The average molecular weight is 388 g/mol. The average Bonchev–Trinajstić information content (AvgIpc) is 3.26. The number of carbonyl (C=O) groups is 1. The van der Waals surface area contributed by atoms with E-state index in [0.29, 0.717) is 12.3 Å². The third kappa shape index (κ3) is 4.13. The Hall–Kier alpha value is -2.19. The Morgan fingerprint density at radius 3 is 2.69 bits per heavy atom. The lowest BCUT2D eigenvalue weighted by atomic mass is 10.2. The van der Waals surface area contributed by atoms with Gasteiger partial charge in [-0.2, -0.15) is 0 Å². The van der Waals surface area contributed by atoms with Crippen molar-refractivity contribution in [3.05, 3.63) is 46.4 Å². The van der Waals surface area contributed by atoms with Crippen molar-refractivity contribution in [2.24, 2.45) is 0 Å². The molecule has 0 aliphatic rings. The second-order valence-electron chi connectivity index (χ2n) is 5.85. The van der Waals surface area contributed by atoms with Crippen molar-refractivity contribution in [1.29, 1.82) is 0 Å². The van der Waals surface area contributed by atoms with Crippen LogP contribution in [0, 0.1) is 6.92 Å². The van der Waals surface area contributed by atoms with E-state index in [1.165, 1.54) is 22.2 Å². The summed E-state index contributed by atoms with van der Waals surface area (Å²) in [5.41, 5.74) is 2.20. The molecule has 0 atom stereocenters.